The van der Waals surface area contributed by atoms with Gasteiger partial charge in [0.05, 0.1) is 39.8 Å². The van der Waals surface area contributed by atoms with Crippen molar-refractivity contribution in [2.45, 2.75) is 42.8 Å². The Hall–Kier alpha value is -3.61. The summed E-state index contributed by atoms with van der Waals surface area (Å²) in [6, 6.07) is 16.7. The lowest BCUT2D eigenvalue weighted by molar-refractivity contribution is 0.0937. The first-order valence-electron chi connectivity index (χ1n) is 11.1. The van der Waals surface area contributed by atoms with Crippen LogP contribution in [-0.4, -0.2) is 42.6 Å². The molecule has 0 radical (unpaired) electrons. The van der Waals surface area contributed by atoms with E-state index < -0.39 is 5.25 Å². The van der Waals surface area contributed by atoms with Crippen molar-refractivity contribution in [2.24, 2.45) is 0 Å². The van der Waals surface area contributed by atoms with Crippen LogP contribution < -0.4 is 5.56 Å². The van der Waals surface area contributed by atoms with E-state index in [2.05, 4.69) is 16.0 Å². The van der Waals surface area contributed by atoms with E-state index in [-0.39, 0.29) is 23.0 Å². The Morgan fingerprint density at radius 3 is 2.76 bits per heavy atom. The van der Waals surface area contributed by atoms with Gasteiger partial charge in [-0.25, -0.2) is 9.97 Å². The molecule has 0 saturated carbocycles. The summed E-state index contributed by atoms with van der Waals surface area (Å²) < 4.78 is 7.39. The van der Waals surface area contributed by atoms with Crippen LogP contribution in [0.15, 0.2) is 64.2 Å². The van der Waals surface area contributed by atoms with Crippen molar-refractivity contribution in [1.82, 2.24) is 19.5 Å². The third kappa shape index (κ3) is 4.18. The molecule has 2 N–H and O–H groups in total. The van der Waals surface area contributed by atoms with E-state index in [9.17, 15) is 15.2 Å². The van der Waals surface area contributed by atoms with E-state index in [1.807, 2.05) is 36.4 Å². The zero-order valence-corrected chi connectivity index (χ0v) is 19.4. The largest absolute Gasteiger partial charge is 0.510 e. The summed E-state index contributed by atoms with van der Waals surface area (Å²) in [5, 5.41) is 21.3. The summed E-state index contributed by atoms with van der Waals surface area (Å²) >= 11 is 1.23. The number of nitrogens with zero attached hydrogens (tertiary/aromatic N) is 4. The quantitative estimate of drug-likeness (QED) is 0.184. The van der Waals surface area contributed by atoms with Crippen molar-refractivity contribution in [3.63, 3.8) is 0 Å². The summed E-state index contributed by atoms with van der Waals surface area (Å²) in [6.07, 6.45) is 1.80. The molecule has 172 valence electrons. The number of nitrogens with one attached hydrogen (secondary N) is 1. The van der Waals surface area contributed by atoms with Crippen molar-refractivity contribution in [2.75, 3.05) is 6.61 Å². The van der Waals surface area contributed by atoms with Crippen LogP contribution in [-0.2, 0) is 11.3 Å². The van der Waals surface area contributed by atoms with Crippen LogP contribution in [0.4, 0.5) is 0 Å². The zero-order chi connectivity index (χ0) is 23.7. The fourth-order valence-electron chi connectivity index (χ4n) is 4.11. The first-order chi connectivity index (χ1) is 16.5. The molecule has 5 rings (SSSR count). The minimum absolute atomic E-state index is 0.0512. The minimum Gasteiger partial charge on any atom is -0.510 e. The van der Waals surface area contributed by atoms with Crippen LogP contribution in [0.5, 0.6) is 0 Å². The SMILES string of the molecule is CC(Sc1nc2ccccc2c(=O)n1CC1CCCO1)/C(O)=C(\C#N)c1nc2ccccc2[nH]1. The van der Waals surface area contributed by atoms with Crippen LogP contribution >= 0.6 is 11.8 Å². The van der Waals surface area contributed by atoms with Crippen molar-refractivity contribution in [3.05, 3.63) is 70.5 Å². The third-order valence-corrected chi connectivity index (χ3v) is 7.00. The highest BCUT2D eigenvalue weighted by atomic mass is 32.2. The highest BCUT2D eigenvalue weighted by molar-refractivity contribution is 7.99. The number of H-pyrrole nitrogens is 1. The maximum Gasteiger partial charge on any atom is 0.262 e. The number of imidazole rings is 1. The summed E-state index contributed by atoms with van der Waals surface area (Å²) in [6.45, 7) is 2.86. The van der Waals surface area contributed by atoms with E-state index in [1.165, 1.54) is 11.8 Å². The maximum absolute atomic E-state index is 13.3. The van der Waals surface area contributed by atoms with Gasteiger partial charge in [-0.3, -0.25) is 9.36 Å². The van der Waals surface area contributed by atoms with Crippen molar-refractivity contribution in [1.29, 1.82) is 5.26 Å². The van der Waals surface area contributed by atoms with Gasteiger partial charge < -0.3 is 14.8 Å². The van der Waals surface area contributed by atoms with Crippen molar-refractivity contribution >= 4 is 39.3 Å². The van der Waals surface area contributed by atoms with Crippen LogP contribution in [0.1, 0.15) is 25.6 Å². The Bertz CT molecular complexity index is 1460. The highest BCUT2D eigenvalue weighted by Crippen LogP contribution is 2.30. The second-order valence-electron chi connectivity index (χ2n) is 8.20. The van der Waals surface area contributed by atoms with E-state index in [0.29, 0.717) is 40.6 Å². The molecule has 1 saturated heterocycles. The Morgan fingerprint density at radius 1 is 1.26 bits per heavy atom. The normalized spacial score (nSPS) is 17.6. The molecule has 2 aromatic carbocycles. The number of aromatic amines is 1. The molecule has 1 aliphatic rings. The number of hydrogen-bond acceptors (Lipinski definition) is 7. The Balaban J connectivity index is 1.53. The maximum atomic E-state index is 13.3. The number of thioether (sulfide) groups is 1. The van der Waals surface area contributed by atoms with Gasteiger partial charge in [-0.2, -0.15) is 5.26 Å². The molecule has 2 unspecified atom stereocenters. The predicted molar refractivity (Wildman–Crippen MR) is 132 cm³/mol. The fraction of sp³-hybridized carbons (Fsp3) is 0.280. The number of para-hydroxylation sites is 3. The lowest BCUT2D eigenvalue weighted by atomic mass is 10.2. The molecule has 1 aliphatic heterocycles. The second kappa shape index (κ2) is 9.33. The van der Waals surface area contributed by atoms with Crippen LogP contribution in [0.3, 0.4) is 0 Å². The average molecular weight is 474 g/mol. The monoisotopic (exact) mass is 473 g/mol. The van der Waals surface area contributed by atoms with Crippen LogP contribution in [0.2, 0.25) is 0 Å². The molecule has 3 heterocycles. The van der Waals surface area contributed by atoms with Crippen molar-refractivity contribution < 1.29 is 9.84 Å². The van der Waals surface area contributed by atoms with Crippen LogP contribution in [0, 0.1) is 11.3 Å². The first kappa shape index (κ1) is 22.2. The second-order valence-corrected chi connectivity index (χ2v) is 9.50. The molecule has 0 aliphatic carbocycles. The summed E-state index contributed by atoms with van der Waals surface area (Å²) in [7, 11) is 0. The zero-order valence-electron chi connectivity index (χ0n) is 18.6. The van der Waals surface area contributed by atoms with Gasteiger partial charge in [-0.15, -0.1) is 0 Å². The molecule has 34 heavy (non-hydrogen) atoms. The Kier molecular flexibility index (Phi) is 6.09. The third-order valence-electron chi connectivity index (χ3n) is 5.90. The molecule has 8 nitrogen and oxygen atoms in total. The highest BCUT2D eigenvalue weighted by Gasteiger charge is 2.24. The summed E-state index contributed by atoms with van der Waals surface area (Å²) in [5.41, 5.74) is 1.99. The average Bonchev–Trinajstić information content (AvgIpc) is 3.51. The number of aliphatic hydroxyl groups is 1. The van der Waals surface area contributed by atoms with Crippen molar-refractivity contribution in [3.8, 4) is 6.07 Å². The number of allylic oxidation sites excluding steroid dienone is 1. The van der Waals surface area contributed by atoms with E-state index in [0.717, 1.165) is 18.4 Å². The Morgan fingerprint density at radius 2 is 2.03 bits per heavy atom. The van der Waals surface area contributed by atoms with Gasteiger partial charge in [0.25, 0.3) is 5.56 Å². The number of benzene rings is 2. The molecule has 9 heteroatoms. The molecule has 0 spiro atoms. The van der Waals surface area contributed by atoms with Gasteiger partial charge in [0.2, 0.25) is 0 Å². The van der Waals surface area contributed by atoms with Gasteiger partial charge in [-0.1, -0.05) is 36.0 Å². The van der Waals surface area contributed by atoms with Gasteiger partial charge in [0, 0.05) is 6.61 Å². The van der Waals surface area contributed by atoms with E-state index in [4.69, 9.17) is 9.72 Å². The van der Waals surface area contributed by atoms with Gasteiger partial charge in [0.1, 0.15) is 17.4 Å². The number of hydrogen-bond donors (Lipinski definition) is 2. The first-order valence-corrected chi connectivity index (χ1v) is 12.0. The number of aromatic nitrogens is 4. The van der Waals surface area contributed by atoms with Gasteiger partial charge in [-0.05, 0) is 44.0 Å². The molecular weight excluding hydrogens is 450 g/mol. The topological polar surface area (TPSA) is 117 Å². The molecule has 0 amide bonds. The fourth-order valence-corrected chi connectivity index (χ4v) is 5.09. The molecule has 4 aromatic rings. The standard InChI is InChI=1S/C25H23N5O3S/c1-15(22(31)18(13-26)23-27-20-10-4-5-11-21(20)28-23)34-25-29-19-9-3-2-8-17(19)24(32)30(25)14-16-7-6-12-33-16/h2-5,8-11,15-16,31H,6-7,12,14H2,1H3,(H,27,28)/b22-18-. The predicted octanol–water partition coefficient (Wildman–Crippen LogP) is 4.43. The van der Waals surface area contributed by atoms with E-state index in [1.54, 1.807) is 23.6 Å². The van der Waals surface area contributed by atoms with Gasteiger partial charge in [0.15, 0.2) is 11.0 Å². The lowest BCUT2D eigenvalue weighted by Crippen LogP contribution is -2.29. The molecular formula is C25H23N5O3S. The van der Waals surface area contributed by atoms with E-state index >= 15 is 0 Å². The number of ether oxygens (including phenoxy) is 1. The molecule has 2 aromatic heterocycles. The lowest BCUT2D eigenvalue weighted by Gasteiger charge is -2.18. The molecule has 2 atom stereocenters. The number of aliphatic hydroxyl groups excluding tert-OH is 1. The molecule has 1 fully saturated rings. The van der Waals surface area contributed by atoms with Gasteiger partial charge >= 0.3 is 0 Å². The minimum atomic E-state index is -0.549. The van der Waals surface area contributed by atoms with Crippen LogP contribution in [0.25, 0.3) is 27.5 Å². The summed E-state index contributed by atoms with van der Waals surface area (Å²) in [5.74, 6) is 0.175. The smallest absolute Gasteiger partial charge is 0.262 e. The summed E-state index contributed by atoms with van der Waals surface area (Å²) in [4.78, 5) is 25.6. The molecule has 0 bridgehead atoms. The Labute approximate surface area is 199 Å². The number of fused-ring (bicyclic) bond motifs is 2. The number of nitriles is 1. The number of rotatable bonds is 6.